The molecule has 4 heteroatoms. The van der Waals surface area contributed by atoms with Gasteiger partial charge < -0.3 is 14.2 Å². The molecule has 0 radical (unpaired) electrons. The van der Waals surface area contributed by atoms with Crippen LogP contribution in [0.4, 0.5) is 0 Å². The Balaban J connectivity index is 1.70. The summed E-state index contributed by atoms with van der Waals surface area (Å²) in [6, 6.07) is 2.16. The number of aryl methyl sites for hydroxylation is 2. The number of rotatable bonds is 4. The number of hydrogen-bond acceptors (Lipinski definition) is 2. The highest BCUT2D eigenvalue weighted by molar-refractivity contribution is 5.31. The second kappa shape index (κ2) is 5.21. The van der Waals surface area contributed by atoms with Gasteiger partial charge in [0.1, 0.15) is 0 Å². The van der Waals surface area contributed by atoms with E-state index in [9.17, 15) is 5.11 Å². The summed E-state index contributed by atoms with van der Waals surface area (Å²) in [4.78, 5) is 4.06. The van der Waals surface area contributed by atoms with Crippen LogP contribution in [0.2, 0.25) is 0 Å². The molecule has 1 aliphatic rings. The van der Waals surface area contributed by atoms with E-state index in [1.807, 2.05) is 18.7 Å². The zero-order valence-corrected chi connectivity index (χ0v) is 11.4. The Bertz CT molecular complexity index is 542. The van der Waals surface area contributed by atoms with Crippen LogP contribution in [0.5, 0.6) is 0 Å². The summed E-state index contributed by atoms with van der Waals surface area (Å²) in [6.07, 6.45) is 9.63. The highest BCUT2D eigenvalue weighted by Crippen LogP contribution is 2.32. The quantitative estimate of drug-likeness (QED) is 0.916. The van der Waals surface area contributed by atoms with Gasteiger partial charge in [0.25, 0.3) is 0 Å². The summed E-state index contributed by atoms with van der Waals surface area (Å²) < 4.78 is 4.49. The van der Waals surface area contributed by atoms with Crippen molar-refractivity contribution in [3.63, 3.8) is 0 Å². The normalized spacial score (nSPS) is 18.5. The van der Waals surface area contributed by atoms with E-state index in [1.54, 1.807) is 0 Å². The van der Waals surface area contributed by atoms with Gasteiger partial charge in [-0.15, -0.1) is 0 Å². The SMILES string of the molecule is Cc1cc2c(n1CCCn1ccnc1)CCCC2O. The van der Waals surface area contributed by atoms with Crippen molar-refractivity contribution in [1.82, 2.24) is 14.1 Å². The van der Waals surface area contributed by atoms with E-state index < -0.39 is 0 Å². The number of aliphatic hydroxyl groups excluding tert-OH is 1. The van der Waals surface area contributed by atoms with Crippen LogP contribution >= 0.6 is 0 Å². The minimum atomic E-state index is -0.252. The first-order chi connectivity index (χ1) is 9.25. The molecule has 2 aromatic heterocycles. The third-order valence-corrected chi connectivity index (χ3v) is 4.06. The van der Waals surface area contributed by atoms with Crippen molar-refractivity contribution in [2.45, 2.75) is 51.8 Å². The van der Waals surface area contributed by atoms with Crippen LogP contribution < -0.4 is 0 Å². The Morgan fingerprint density at radius 1 is 1.42 bits per heavy atom. The molecule has 0 aliphatic heterocycles. The summed E-state index contributed by atoms with van der Waals surface area (Å²) in [6.45, 7) is 4.16. The molecule has 3 rings (SSSR count). The minimum absolute atomic E-state index is 0.252. The first-order valence-corrected chi connectivity index (χ1v) is 7.08. The lowest BCUT2D eigenvalue weighted by Gasteiger charge is -2.20. The summed E-state index contributed by atoms with van der Waals surface area (Å²) in [5.41, 5.74) is 3.78. The Labute approximate surface area is 113 Å². The lowest BCUT2D eigenvalue weighted by Crippen LogP contribution is -2.13. The zero-order chi connectivity index (χ0) is 13.2. The van der Waals surface area contributed by atoms with E-state index in [4.69, 9.17) is 0 Å². The molecular formula is C15H21N3O. The number of aromatic nitrogens is 3. The van der Waals surface area contributed by atoms with Crippen molar-refractivity contribution in [2.75, 3.05) is 0 Å². The minimum Gasteiger partial charge on any atom is -0.388 e. The van der Waals surface area contributed by atoms with Gasteiger partial charge in [0, 0.05) is 42.4 Å². The Morgan fingerprint density at radius 2 is 2.32 bits per heavy atom. The van der Waals surface area contributed by atoms with E-state index in [-0.39, 0.29) is 6.10 Å². The Hall–Kier alpha value is -1.55. The molecule has 0 saturated carbocycles. The fourth-order valence-corrected chi connectivity index (χ4v) is 3.08. The molecular weight excluding hydrogens is 238 g/mol. The molecule has 2 heterocycles. The fraction of sp³-hybridized carbons (Fsp3) is 0.533. The maximum atomic E-state index is 10.0. The second-order valence-corrected chi connectivity index (χ2v) is 5.40. The van der Waals surface area contributed by atoms with Gasteiger partial charge >= 0.3 is 0 Å². The number of hydrogen-bond donors (Lipinski definition) is 1. The van der Waals surface area contributed by atoms with E-state index in [1.165, 1.54) is 11.4 Å². The lowest BCUT2D eigenvalue weighted by atomic mass is 9.95. The van der Waals surface area contributed by atoms with Crippen molar-refractivity contribution >= 4 is 0 Å². The monoisotopic (exact) mass is 259 g/mol. The van der Waals surface area contributed by atoms with Gasteiger partial charge in [0.2, 0.25) is 0 Å². The Morgan fingerprint density at radius 3 is 3.11 bits per heavy atom. The highest BCUT2D eigenvalue weighted by Gasteiger charge is 2.22. The van der Waals surface area contributed by atoms with Crippen molar-refractivity contribution in [2.24, 2.45) is 0 Å². The van der Waals surface area contributed by atoms with Crippen LogP contribution in [0.3, 0.4) is 0 Å². The third-order valence-electron chi connectivity index (χ3n) is 4.06. The van der Waals surface area contributed by atoms with Crippen LogP contribution in [0.15, 0.2) is 24.8 Å². The van der Waals surface area contributed by atoms with Crippen LogP contribution in [0.1, 0.15) is 42.3 Å². The van der Waals surface area contributed by atoms with Crippen molar-refractivity contribution in [3.8, 4) is 0 Å². The summed E-state index contributed by atoms with van der Waals surface area (Å²) in [7, 11) is 0. The maximum absolute atomic E-state index is 10.0. The number of aliphatic hydroxyl groups is 1. The van der Waals surface area contributed by atoms with E-state index in [2.05, 4.69) is 27.1 Å². The number of nitrogens with zero attached hydrogens (tertiary/aromatic N) is 3. The number of fused-ring (bicyclic) bond motifs is 1. The molecule has 0 amide bonds. The van der Waals surface area contributed by atoms with Crippen molar-refractivity contribution < 1.29 is 5.11 Å². The van der Waals surface area contributed by atoms with E-state index in [0.29, 0.717) is 0 Å². The lowest BCUT2D eigenvalue weighted by molar-refractivity contribution is 0.155. The third kappa shape index (κ3) is 2.45. The smallest absolute Gasteiger partial charge is 0.0945 e. The predicted octanol–water partition coefficient (Wildman–Crippen LogP) is 2.45. The maximum Gasteiger partial charge on any atom is 0.0945 e. The molecule has 2 aromatic rings. The van der Waals surface area contributed by atoms with Crippen molar-refractivity contribution in [1.29, 1.82) is 0 Å². The largest absolute Gasteiger partial charge is 0.388 e. The van der Waals surface area contributed by atoms with Crippen LogP contribution in [-0.4, -0.2) is 19.2 Å². The first-order valence-electron chi connectivity index (χ1n) is 7.08. The van der Waals surface area contributed by atoms with E-state index >= 15 is 0 Å². The van der Waals surface area contributed by atoms with Gasteiger partial charge in [-0.25, -0.2) is 4.98 Å². The van der Waals surface area contributed by atoms with Gasteiger partial charge in [-0.2, -0.15) is 0 Å². The molecule has 0 bridgehead atoms. The molecule has 4 nitrogen and oxygen atoms in total. The van der Waals surface area contributed by atoms with Gasteiger partial charge in [0.05, 0.1) is 12.4 Å². The zero-order valence-electron chi connectivity index (χ0n) is 11.4. The topological polar surface area (TPSA) is 43.0 Å². The molecule has 1 aliphatic carbocycles. The van der Waals surface area contributed by atoms with Gasteiger partial charge in [-0.05, 0) is 38.7 Å². The number of imidazole rings is 1. The molecule has 1 atom stereocenters. The summed E-state index contributed by atoms with van der Waals surface area (Å²) >= 11 is 0. The summed E-state index contributed by atoms with van der Waals surface area (Å²) in [5.74, 6) is 0. The second-order valence-electron chi connectivity index (χ2n) is 5.40. The average Bonchev–Trinajstić information content (AvgIpc) is 3.00. The molecule has 0 aromatic carbocycles. The van der Waals surface area contributed by atoms with Crippen LogP contribution in [-0.2, 0) is 19.5 Å². The molecule has 1 N–H and O–H groups in total. The molecule has 0 spiro atoms. The molecule has 0 saturated heterocycles. The Kier molecular flexibility index (Phi) is 3.42. The van der Waals surface area contributed by atoms with Gasteiger partial charge in [0.15, 0.2) is 0 Å². The predicted molar refractivity (Wildman–Crippen MR) is 73.9 cm³/mol. The fourth-order valence-electron chi connectivity index (χ4n) is 3.08. The summed E-state index contributed by atoms with van der Waals surface area (Å²) in [5, 5.41) is 10.0. The van der Waals surface area contributed by atoms with Gasteiger partial charge in [-0.3, -0.25) is 0 Å². The standard InChI is InChI=1S/C15H21N3O/c1-12-10-13-14(4-2-5-15(13)19)18(12)8-3-7-17-9-6-16-11-17/h6,9-11,15,19H,2-5,7-8H2,1H3. The molecule has 0 fully saturated rings. The molecule has 19 heavy (non-hydrogen) atoms. The van der Waals surface area contributed by atoms with Crippen molar-refractivity contribution in [3.05, 3.63) is 41.7 Å². The average molecular weight is 259 g/mol. The van der Waals surface area contributed by atoms with E-state index in [0.717, 1.165) is 44.3 Å². The first kappa shape index (κ1) is 12.5. The molecule has 1 unspecified atom stereocenters. The highest BCUT2D eigenvalue weighted by atomic mass is 16.3. The molecule has 102 valence electrons. The van der Waals surface area contributed by atoms with Crippen LogP contribution in [0.25, 0.3) is 0 Å². The van der Waals surface area contributed by atoms with Gasteiger partial charge in [-0.1, -0.05) is 0 Å². The van der Waals surface area contributed by atoms with Crippen LogP contribution in [0, 0.1) is 6.92 Å².